The number of aryl methyl sites for hydroxylation is 2. The van der Waals surface area contributed by atoms with Gasteiger partial charge in [-0.3, -0.25) is 9.52 Å². The maximum absolute atomic E-state index is 12.3. The number of carboxylic acids is 1. The summed E-state index contributed by atoms with van der Waals surface area (Å²) in [5.41, 5.74) is 1.31. The molecule has 21 heavy (non-hydrogen) atoms. The molecule has 0 aliphatic rings. The number of thiazole rings is 1. The molecule has 0 amide bonds. The van der Waals surface area contributed by atoms with Crippen LogP contribution >= 0.6 is 11.3 Å². The number of carboxylic acid groups (broad SMARTS) is 1. The number of aromatic nitrogens is 1. The molecule has 0 atom stereocenters. The molecule has 0 unspecified atom stereocenters. The van der Waals surface area contributed by atoms with Gasteiger partial charge in [-0.25, -0.2) is 13.4 Å². The Bertz CT molecular complexity index is 781. The van der Waals surface area contributed by atoms with Gasteiger partial charge < -0.3 is 5.11 Å². The van der Waals surface area contributed by atoms with Crippen molar-refractivity contribution in [2.24, 2.45) is 0 Å². The van der Waals surface area contributed by atoms with E-state index in [-0.39, 0.29) is 10.6 Å². The molecular weight excluding hydrogens is 312 g/mol. The van der Waals surface area contributed by atoms with E-state index in [0.717, 1.165) is 11.3 Å². The molecule has 2 aromatic rings. The second-order valence-electron chi connectivity index (χ2n) is 4.48. The largest absolute Gasteiger partial charge is 0.481 e. The van der Waals surface area contributed by atoms with Gasteiger partial charge in [0.05, 0.1) is 17.1 Å². The van der Waals surface area contributed by atoms with E-state index in [1.807, 2.05) is 0 Å². The lowest BCUT2D eigenvalue weighted by molar-refractivity contribution is -0.136. The maximum atomic E-state index is 12.3. The first-order valence-corrected chi connectivity index (χ1v) is 8.35. The number of nitrogens with one attached hydrogen (secondary N) is 1. The molecule has 6 nitrogen and oxygen atoms in total. The second kappa shape index (κ2) is 5.82. The summed E-state index contributed by atoms with van der Waals surface area (Å²) in [5.74, 6) is -0.969. The number of carbonyl (C=O) groups is 1. The average Bonchev–Trinajstić information content (AvgIpc) is 2.68. The highest BCUT2D eigenvalue weighted by Gasteiger charge is 2.21. The smallest absolute Gasteiger partial charge is 0.307 e. The first kappa shape index (κ1) is 15.5. The van der Waals surface area contributed by atoms with Crippen LogP contribution in [0.5, 0.6) is 0 Å². The summed E-state index contributed by atoms with van der Waals surface area (Å²) < 4.78 is 27.2. The Hall–Kier alpha value is -1.93. The van der Waals surface area contributed by atoms with Gasteiger partial charge in [0.1, 0.15) is 0 Å². The second-order valence-corrected chi connectivity index (χ2v) is 7.56. The van der Waals surface area contributed by atoms with Crippen molar-refractivity contribution in [3.63, 3.8) is 0 Å². The minimum Gasteiger partial charge on any atom is -0.481 e. The number of nitrogens with zero attached hydrogens (tertiary/aromatic N) is 1. The lowest BCUT2D eigenvalue weighted by Crippen LogP contribution is -2.13. The normalized spacial score (nSPS) is 11.3. The Morgan fingerprint density at radius 1 is 1.38 bits per heavy atom. The minimum atomic E-state index is -3.71. The van der Waals surface area contributed by atoms with Crippen molar-refractivity contribution in [3.8, 4) is 0 Å². The van der Waals surface area contributed by atoms with Crippen LogP contribution in [0.3, 0.4) is 0 Å². The van der Waals surface area contributed by atoms with E-state index < -0.39 is 16.0 Å². The third-order valence-corrected chi connectivity index (χ3v) is 5.70. The Labute approximate surface area is 126 Å². The molecule has 1 heterocycles. The fraction of sp³-hybridized carbons (Fsp3) is 0.231. The van der Waals surface area contributed by atoms with Crippen LogP contribution in [0.15, 0.2) is 28.5 Å². The molecule has 0 fully saturated rings. The molecule has 0 saturated carbocycles. The number of anilines is 1. The topological polar surface area (TPSA) is 96.4 Å². The lowest BCUT2D eigenvalue weighted by Gasteiger charge is -2.08. The van der Waals surface area contributed by atoms with Gasteiger partial charge in [-0.2, -0.15) is 0 Å². The standard InChI is InChI=1S/C13H14N2O4S2/c1-8-13(20-9(2)14-8)21(18,19)15-11-5-3-4-10(6-11)7-12(16)17/h3-6,15H,7H2,1-2H3,(H,16,17). The van der Waals surface area contributed by atoms with Gasteiger partial charge >= 0.3 is 5.97 Å². The highest BCUT2D eigenvalue weighted by atomic mass is 32.2. The van der Waals surface area contributed by atoms with Gasteiger partial charge in [0.2, 0.25) is 0 Å². The van der Waals surface area contributed by atoms with E-state index in [4.69, 9.17) is 5.11 Å². The highest BCUT2D eigenvalue weighted by molar-refractivity contribution is 7.94. The van der Waals surface area contributed by atoms with Crippen LogP contribution in [-0.4, -0.2) is 24.5 Å². The molecular formula is C13H14N2O4S2. The van der Waals surface area contributed by atoms with E-state index in [0.29, 0.717) is 22.0 Å². The van der Waals surface area contributed by atoms with Crippen LogP contribution in [0.1, 0.15) is 16.3 Å². The molecule has 0 aliphatic carbocycles. The van der Waals surface area contributed by atoms with Crippen LogP contribution in [0.2, 0.25) is 0 Å². The van der Waals surface area contributed by atoms with E-state index in [1.165, 1.54) is 6.07 Å². The third kappa shape index (κ3) is 3.79. The molecule has 112 valence electrons. The maximum Gasteiger partial charge on any atom is 0.307 e. The summed E-state index contributed by atoms with van der Waals surface area (Å²) in [6.45, 7) is 3.38. The highest BCUT2D eigenvalue weighted by Crippen LogP contribution is 2.25. The van der Waals surface area contributed by atoms with Crippen molar-refractivity contribution in [3.05, 3.63) is 40.5 Å². The fourth-order valence-corrected chi connectivity index (χ4v) is 4.42. The van der Waals surface area contributed by atoms with Gasteiger partial charge in [-0.15, -0.1) is 11.3 Å². The predicted molar refractivity (Wildman–Crippen MR) is 80.2 cm³/mol. The van der Waals surface area contributed by atoms with Crippen molar-refractivity contribution in [2.45, 2.75) is 24.5 Å². The van der Waals surface area contributed by atoms with Gasteiger partial charge in [0.25, 0.3) is 10.0 Å². The van der Waals surface area contributed by atoms with Crippen LogP contribution in [0.25, 0.3) is 0 Å². The molecule has 1 aromatic heterocycles. The first-order valence-electron chi connectivity index (χ1n) is 6.05. The molecule has 0 saturated heterocycles. The molecule has 0 radical (unpaired) electrons. The Kier molecular flexibility index (Phi) is 4.29. The van der Waals surface area contributed by atoms with Crippen LogP contribution < -0.4 is 4.72 Å². The average molecular weight is 326 g/mol. The van der Waals surface area contributed by atoms with Gasteiger partial charge in [0.15, 0.2) is 4.21 Å². The molecule has 0 bridgehead atoms. The van der Waals surface area contributed by atoms with E-state index in [2.05, 4.69) is 9.71 Å². The molecule has 1 aromatic carbocycles. The number of benzene rings is 1. The summed E-state index contributed by atoms with van der Waals surface area (Å²) in [6.07, 6.45) is -0.158. The zero-order valence-electron chi connectivity index (χ0n) is 11.5. The number of aliphatic carboxylic acids is 1. The first-order chi connectivity index (χ1) is 9.78. The zero-order valence-corrected chi connectivity index (χ0v) is 13.1. The minimum absolute atomic E-state index is 0.158. The van der Waals surface area contributed by atoms with E-state index in [9.17, 15) is 13.2 Å². The molecule has 2 rings (SSSR count). The fourth-order valence-electron chi connectivity index (χ4n) is 1.88. The van der Waals surface area contributed by atoms with E-state index in [1.54, 1.807) is 32.0 Å². The molecule has 2 N–H and O–H groups in total. The summed E-state index contributed by atoms with van der Waals surface area (Å²) in [4.78, 5) is 14.8. The summed E-state index contributed by atoms with van der Waals surface area (Å²) in [5, 5.41) is 9.44. The van der Waals surface area contributed by atoms with Crippen molar-refractivity contribution in [1.82, 2.24) is 4.98 Å². The molecule has 0 spiro atoms. The summed E-state index contributed by atoms with van der Waals surface area (Å²) in [7, 11) is -3.71. The Balaban J connectivity index is 2.28. The SMILES string of the molecule is Cc1nc(C)c(S(=O)(=O)Nc2cccc(CC(=O)O)c2)s1. The number of hydrogen-bond donors (Lipinski definition) is 2. The zero-order chi connectivity index (χ0) is 15.6. The number of sulfonamides is 1. The quantitative estimate of drug-likeness (QED) is 0.878. The molecule has 8 heteroatoms. The van der Waals surface area contributed by atoms with Crippen molar-refractivity contribution >= 4 is 33.0 Å². The van der Waals surface area contributed by atoms with Gasteiger partial charge in [-0.05, 0) is 31.5 Å². The van der Waals surface area contributed by atoms with Crippen LogP contribution in [-0.2, 0) is 21.2 Å². The summed E-state index contributed by atoms with van der Waals surface area (Å²) >= 11 is 1.10. The van der Waals surface area contributed by atoms with Gasteiger partial charge in [0, 0.05) is 5.69 Å². The van der Waals surface area contributed by atoms with Crippen LogP contribution in [0, 0.1) is 13.8 Å². The number of hydrogen-bond acceptors (Lipinski definition) is 5. The monoisotopic (exact) mass is 326 g/mol. The molecule has 0 aliphatic heterocycles. The van der Waals surface area contributed by atoms with Gasteiger partial charge in [-0.1, -0.05) is 12.1 Å². The third-order valence-electron chi connectivity index (χ3n) is 2.64. The van der Waals surface area contributed by atoms with E-state index >= 15 is 0 Å². The summed E-state index contributed by atoms with van der Waals surface area (Å²) in [6, 6.07) is 6.33. The predicted octanol–water partition coefficient (Wildman–Crippen LogP) is 2.19. The van der Waals surface area contributed by atoms with Crippen LogP contribution in [0.4, 0.5) is 5.69 Å². The van der Waals surface area contributed by atoms with Crippen molar-refractivity contribution in [1.29, 1.82) is 0 Å². The van der Waals surface area contributed by atoms with Crippen molar-refractivity contribution in [2.75, 3.05) is 4.72 Å². The Morgan fingerprint density at radius 2 is 2.10 bits per heavy atom. The lowest BCUT2D eigenvalue weighted by atomic mass is 10.1. The Morgan fingerprint density at radius 3 is 2.67 bits per heavy atom. The number of rotatable bonds is 5. The van der Waals surface area contributed by atoms with Crippen molar-refractivity contribution < 1.29 is 18.3 Å².